The molecule has 0 unspecified atom stereocenters. The molecule has 0 aliphatic rings. The van der Waals surface area contributed by atoms with Crippen LogP contribution >= 0.6 is 0 Å². The van der Waals surface area contributed by atoms with Crippen LogP contribution in [0.5, 0.6) is 0 Å². The van der Waals surface area contributed by atoms with Gasteiger partial charge in [0.15, 0.2) is 0 Å². The van der Waals surface area contributed by atoms with Gasteiger partial charge < -0.3 is 15.3 Å². The number of rotatable bonds is 3. The number of imidazole rings is 1. The molecule has 0 radical (unpaired) electrons. The lowest BCUT2D eigenvalue weighted by Gasteiger charge is -2.07. The first-order chi connectivity index (χ1) is 9.20. The Balaban J connectivity index is 1.79. The van der Waals surface area contributed by atoms with Crippen molar-refractivity contribution < 1.29 is 0 Å². The number of anilines is 1. The Morgan fingerprint density at radius 3 is 2.74 bits per heavy atom. The van der Waals surface area contributed by atoms with Crippen molar-refractivity contribution >= 4 is 16.7 Å². The van der Waals surface area contributed by atoms with E-state index in [0.717, 1.165) is 23.3 Å². The molecule has 1 heterocycles. The lowest BCUT2D eigenvalue weighted by atomic mass is 10.1. The smallest absolute Gasteiger partial charge is 0.323 e. The lowest BCUT2D eigenvalue weighted by Crippen LogP contribution is -1.99. The fraction of sp³-hybridized carbons (Fsp3) is 0.133. The zero-order valence-corrected chi connectivity index (χ0v) is 10.7. The Hall–Kier alpha value is -2.49. The molecule has 0 aliphatic heterocycles. The predicted octanol–water partition coefficient (Wildman–Crippen LogP) is 2.78. The number of aryl methyl sites for hydroxylation is 1. The molecule has 4 nitrogen and oxygen atoms in total. The number of hydrogen-bond donors (Lipinski definition) is 3. The zero-order valence-electron chi connectivity index (χ0n) is 10.7. The molecule has 1 aromatic heterocycles. The molecule has 0 atom stereocenters. The normalized spacial score (nSPS) is 10.8. The minimum Gasteiger partial charge on any atom is -0.381 e. The molecule has 0 fully saturated rings. The Bertz CT molecular complexity index is 770. The molecule has 0 bridgehead atoms. The lowest BCUT2D eigenvalue weighted by molar-refractivity contribution is 1.14. The molecule has 0 saturated heterocycles. The molecule has 3 aromatic rings. The van der Waals surface area contributed by atoms with E-state index in [-0.39, 0.29) is 5.69 Å². The largest absolute Gasteiger partial charge is 0.381 e. The Labute approximate surface area is 110 Å². The minimum absolute atomic E-state index is 0.175. The van der Waals surface area contributed by atoms with E-state index in [0.29, 0.717) is 0 Å². The SMILES string of the molecule is Cc1cccc(CNc2ccc3[nH]c(=O)[nH]c3c2)c1. The van der Waals surface area contributed by atoms with E-state index >= 15 is 0 Å². The molecule has 0 amide bonds. The van der Waals surface area contributed by atoms with Gasteiger partial charge in [-0.25, -0.2) is 4.79 Å². The average Bonchev–Trinajstić information content (AvgIpc) is 2.75. The van der Waals surface area contributed by atoms with Gasteiger partial charge in [0.1, 0.15) is 0 Å². The van der Waals surface area contributed by atoms with Crippen LogP contribution in [0, 0.1) is 6.92 Å². The van der Waals surface area contributed by atoms with Gasteiger partial charge in [0.2, 0.25) is 0 Å². The van der Waals surface area contributed by atoms with Crippen molar-refractivity contribution in [3.8, 4) is 0 Å². The van der Waals surface area contributed by atoms with Crippen LogP contribution in [0.15, 0.2) is 47.3 Å². The topological polar surface area (TPSA) is 60.7 Å². The number of benzene rings is 2. The van der Waals surface area contributed by atoms with E-state index in [9.17, 15) is 4.79 Å². The summed E-state index contributed by atoms with van der Waals surface area (Å²) in [7, 11) is 0. The second-order valence-electron chi connectivity index (χ2n) is 4.68. The van der Waals surface area contributed by atoms with Crippen LogP contribution in [0.1, 0.15) is 11.1 Å². The van der Waals surface area contributed by atoms with Gasteiger partial charge in [0, 0.05) is 12.2 Å². The summed E-state index contributed by atoms with van der Waals surface area (Å²) in [5.74, 6) is 0. The van der Waals surface area contributed by atoms with Gasteiger partial charge in [-0.05, 0) is 30.7 Å². The van der Waals surface area contributed by atoms with Crippen molar-refractivity contribution in [2.75, 3.05) is 5.32 Å². The van der Waals surface area contributed by atoms with Crippen molar-refractivity contribution in [1.82, 2.24) is 9.97 Å². The van der Waals surface area contributed by atoms with Crippen molar-refractivity contribution in [3.63, 3.8) is 0 Å². The Morgan fingerprint density at radius 2 is 1.89 bits per heavy atom. The Kier molecular flexibility index (Phi) is 2.83. The van der Waals surface area contributed by atoms with Crippen LogP contribution in [0.4, 0.5) is 5.69 Å². The second kappa shape index (κ2) is 4.65. The van der Waals surface area contributed by atoms with Gasteiger partial charge in [0.05, 0.1) is 11.0 Å². The molecule has 3 rings (SSSR count). The summed E-state index contributed by atoms with van der Waals surface area (Å²) in [6, 6.07) is 14.2. The first-order valence-electron chi connectivity index (χ1n) is 6.22. The standard InChI is InChI=1S/C15H15N3O/c1-10-3-2-4-11(7-10)9-16-12-5-6-13-14(8-12)18-15(19)17-13/h2-8,16H,9H2,1H3,(H2,17,18,19). The van der Waals surface area contributed by atoms with E-state index in [2.05, 4.69) is 46.5 Å². The highest BCUT2D eigenvalue weighted by Gasteiger charge is 2.00. The van der Waals surface area contributed by atoms with Crippen LogP contribution in [0.25, 0.3) is 11.0 Å². The third kappa shape index (κ3) is 2.52. The monoisotopic (exact) mass is 253 g/mol. The van der Waals surface area contributed by atoms with Crippen LogP contribution in [0.2, 0.25) is 0 Å². The van der Waals surface area contributed by atoms with E-state index in [4.69, 9.17) is 0 Å². The molecule has 0 saturated carbocycles. The predicted molar refractivity (Wildman–Crippen MR) is 77.4 cm³/mol. The number of fused-ring (bicyclic) bond motifs is 1. The fourth-order valence-electron chi connectivity index (χ4n) is 2.17. The highest BCUT2D eigenvalue weighted by Crippen LogP contribution is 2.15. The summed E-state index contributed by atoms with van der Waals surface area (Å²) in [6.07, 6.45) is 0. The Morgan fingerprint density at radius 1 is 1.05 bits per heavy atom. The summed E-state index contributed by atoms with van der Waals surface area (Å²) >= 11 is 0. The first-order valence-corrected chi connectivity index (χ1v) is 6.22. The molecule has 96 valence electrons. The number of nitrogens with one attached hydrogen (secondary N) is 3. The quantitative estimate of drug-likeness (QED) is 0.672. The van der Waals surface area contributed by atoms with Crippen LogP contribution < -0.4 is 11.0 Å². The molecule has 19 heavy (non-hydrogen) atoms. The fourth-order valence-corrected chi connectivity index (χ4v) is 2.17. The molecule has 3 N–H and O–H groups in total. The van der Waals surface area contributed by atoms with Gasteiger partial charge in [-0.15, -0.1) is 0 Å². The maximum Gasteiger partial charge on any atom is 0.323 e. The third-order valence-corrected chi connectivity index (χ3v) is 3.10. The average molecular weight is 253 g/mol. The number of aromatic amines is 2. The number of hydrogen-bond acceptors (Lipinski definition) is 2. The molecule has 2 aromatic carbocycles. The van der Waals surface area contributed by atoms with E-state index in [1.165, 1.54) is 11.1 Å². The molecule has 4 heteroatoms. The minimum atomic E-state index is -0.175. The zero-order chi connectivity index (χ0) is 13.2. The maximum atomic E-state index is 11.2. The summed E-state index contributed by atoms with van der Waals surface area (Å²) < 4.78 is 0. The maximum absolute atomic E-state index is 11.2. The van der Waals surface area contributed by atoms with Gasteiger partial charge in [-0.1, -0.05) is 29.8 Å². The van der Waals surface area contributed by atoms with Crippen LogP contribution in [-0.4, -0.2) is 9.97 Å². The van der Waals surface area contributed by atoms with E-state index in [1.54, 1.807) is 0 Å². The van der Waals surface area contributed by atoms with E-state index in [1.807, 2.05) is 18.2 Å². The van der Waals surface area contributed by atoms with Gasteiger partial charge >= 0.3 is 5.69 Å². The van der Waals surface area contributed by atoms with Crippen molar-refractivity contribution in [3.05, 3.63) is 64.1 Å². The van der Waals surface area contributed by atoms with E-state index < -0.39 is 0 Å². The number of H-pyrrole nitrogens is 2. The van der Waals surface area contributed by atoms with Crippen molar-refractivity contribution in [2.45, 2.75) is 13.5 Å². The number of aromatic nitrogens is 2. The first kappa shape index (κ1) is 11.6. The molecule has 0 aliphatic carbocycles. The summed E-state index contributed by atoms with van der Waals surface area (Å²) in [5, 5.41) is 3.35. The second-order valence-corrected chi connectivity index (χ2v) is 4.68. The summed E-state index contributed by atoms with van der Waals surface area (Å²) in [5.41, 5.74) is 4.95. The third-order valence-electron chi connectivity index (χ3n) is 3.10. The molecular weight excluding hydrogens is 238 g/mol. The highest BCUT2D eigenvalue weighted by molar-refractivity contribution is 5.78. The highest BCUT2D eigenvalue weighted by atomic mass is 16.1. The van der Waals surface area contributed by atoms with Gasteiger partial charge in [-0.2, -0.15) is 0 Å². The van der Waals surface area contributed by atoms with Crippen LogP contribution in [-0.2, 0) is 6.54 Å². The van der Waals surface area contributed by atoms with Crippen molar-refractivity contribution in [1.29, 1.82) is 0 Å². The van der Waals surface area contributed by atoms with Gasteiger partial charge in [-0.3, -0.25) is 0 Å². The van der Waals surface area contributed by atoms with Crippen molar-refractivity contribution in [2.24, 2.45) is 0 Å². The summed E-state index contributed by atoms with van der Waals surface area (Å²) in [4.78, 5) is 16.7. The van der Waals surface area contributed by atoms with Crippen LogP contribution in [0.3, 0.4) is 0 Å². The molecule has 0 spiro atoms. The summed E-state index contributed by atoms with van der Waals surface area (Å²) in [6.45, 7) is 2.85. The molecular formula is C15H15N3O. The van der Waals surface area contributed by atoms with Gasteiger partial charge in [0.25, 0.3) is 0 Å².